The molecule has 0 saturated carbocycles. The van der Waals surface area contributed by atoms with Crippen molar-refractivity contribution in [3.05, 3.63) is 212 Å². The van der Waals surface area contributed by atoms with E-state index in [-0.39, 0.29) is 6.04 Å². The van der Waals surface area contributed by atoms with E-state index < -0.39 is 41.0 Å². The predicted octanol–water partition coefficient (Wildman–Crippen LogP) is 5.04. The molecule has 4 atom stereocenters. The van der Waals surface area contributed by atoms with Crippen molar-refractivity contribution >= 4 is 68.5 Å². The Bertz CT molecular complexity index is 3850. The fraction of sp³-hybridized carbons (Fsp3) is 0.0833. The molecule has 0 fully saturated rings. The second-order valence-electron chi connectivity index (χ2n) is 16.6. The second-order valence-corrected chi connectivity index (χ2v) is 25.5. The standard InChI is InChI=1S/C48H26N11.Tl/c1-3-15-27-25(13-1)37-47-35-23-11-9-21-33(35)45(58-47)54-42-30-18-6-8-20-32(30)44(53-42)57-48(38-26-14-2-4-16-28(26)40(50-38)51-39(27)49-37)36-24-12-10-22-34(36)46(59-48)55-41-29-17-5-7-19-31(29)43(52-41)56-47;/h1-24,37-38H;/q-3;+3. The van der Waals surface area contributed by atoms with E-state index in [0.717, 1.165) is 93.8 Å². The van der Waals surface area contributed by atoms with Crippen molar-refractivity contribution in [2.45, 2.75) is 23.4 Å². The molecule has 8 aromatic rings. The summed E-state index contributed by atoms with van der Waals surface area (Å²) in [6.45, 7) is 0. The first kappa shape index (κ1) is 31.0. The van der Waals surface area contributed by atoms with Crippen LogP contribution in [0.2, 0.25) is 0 Å². The molecule has 276 valence electrons. The van der Waals surface area contributed by atoms with E-state index in [1.165, 1.54) is 0 Å². The van der Waals surface area contributed by atoms with Gasteiger partial charge in [-0.2, -0.15) is 0 Å². The van der Waals surface area contributed by atoms with Gasteiger partial charge in [-0.3, -0.25) is 0 Å². The summed E-state index contributed by atoms with van der Waals surface area (Å²) in [5, 5.41) is 4.08. The first-order chi connectivity index (χ1) is 29.7. The van der Waals surface area contributed by atoms with Gasteiger partial charge < -0.3 is 0 Å². The predicted molar refractivity (Wildman–Crippen MR) is 228 cm³/mol. The molecule has 0 aliphatic carbocycles. The summed E-state index contributed by atoms with van der Waals surface area (Å²) in [6.07, 6.45) is 0. The molecule has 2 spiro atoms. The summed E-state index contributed by atoms with van der Waals surface area (Å²) in [5.74, 6) is 2.88. The van der Waals surface area contributed by atoms with Crippen molar-refractivity contribution in [2.24, 2.45) is 39.9 Å². The van der Waals surface area contributed by atoms with Crippen molar-refractivity contribution < 1.29 is 0 Å². The van der Waals surface area contributed by atoms with Crippen LogP contribution in [-0.2, 0) is 11.3 Å². The Morgan fingerprint density at radius 3 is 1.55 bits per heavy atom. The molecular weight excluding hydrogens is 935 g/mol. The Kier molecular flexibility index (Phi) is 5.28. The van der Waals surface area contributed by atoms with Crippen molar-refractivity contribution in [1.29, 1.82) is 0 Å². The monoisotopic (exact) mass is 961 g/mol. The van der Waals surface area contributed by atoms with Gasteiger partial charge in [-0.15, -0.1) is 0 Å². The first-order valence-corrected chi connectivity index (χ1v) is 26.4. The number of fused-ring (bicyclic) bond motifs is 15. The third-order valence-electron chi connectivity index (χ3n) is 13.8. The molecular formula is C48H26N11Tl. The van der Waals surface area contributed by atoms with Crippen molar-refractivity contribution in [2.75, 3.05) is 0 Å². The van der Waals surface area contributed by atoms with Gasteiger partial charge in [-0.25, -0.2) is 0 Å². The van der Waals surface area contributed by atoms with E-state index in [9.17, 15) is 0 Å². The van der Waals surface area contributed by atoms with Crippen LogP contribution < -0.4 is 22.0 Å². The Morgan fingerprint density at radius 1 is 0.417 bits per heavy atom. The molecule has 60 heavy (non-hydrogen) atoms. The summed E-state index contributed by atoms with van der Waals surface area (Å²) in [6, 6.07) is 50.6. The van der Waals surface area contributed by atoms with E-state index >= 15 is 0 Å². The zero-order valence-electron chi connectivity index (χ0n) is 31.5. The number of amidine groups is 4. The van der Waals surface area contributed by atoms with Gasteiger partial charge in [0.25, 0.3) is 0 Å². The van der Waals surface area contributed by atoms with Gasteiger partial charge in [0, 0.05) is 0 Å². The number of aromatic nitrogens is 2. The molecule has 10 heterocycles. The van der Waals surface area contributed by atoms with Gasteiger partial charge in [0.05, 0.1) is 0 Å². The van der Waals surface area contributed by atoms with Crippen LogP contribution in [0.4, 0.5) is 0 Å². The zero-order valence-corrected chi connectivity index (χ0v) is 36.0. The van der Waals surface area contributed by atoms with Crippen LogP contribution in [0.5, 0.6) is 0 Å². The molecule has 0 amide bonds. The van der Waals surface area contributed by atoms with E-state index in [1.54, 1.807) is 0 Å². The van der Waals surface area contributed by atoms with Crippen molar-refractivity contribution in [3.63, 3.8) is 0 Å². The molecule has 9 bridgehead atoms. The quantitative estimate of drug-likeness (QED) is 0.195. The molecule has 8 aliphatic heterocycles. The third kappa shape index (κ3) is 3.35. The maximum absolute atomic E-state index is 6.13. The molecule has 11 nitrogen and oxygen atoms in total. The van der Waals surface area contributed by atoms with Crippen LogP contribution in [-0.4, -0.2) is 54.4 Å². The van der Waals surface area contributed by atoms with E-state index in [0.29, 0.717) is 17.5 Å². The average Bonchev–Trinajstić information content (AvgIpc) is 4.10. The first-order valence-electron chi connectivity index (χ1n) is 20.4. The number of nitrogens with zero attached hydrogens (tertiary/aromatic N) is 11. The molecule has 12 heteroatoms. The van der Waals surface area contributed by atoms with E-state index in [2.05, 4.69) is 153 Å². The number of hydrogen-bond donors (Lipinski definition) is 0. The van der Waals surface area contributed by atoms with Crippen LogP contribution >= 0.6 is 0 Å². The molecule has 0 saturated heterocycles. The Morgan fingerprint density at radius 2 is 0.900 bits per heavy atom. The van der Waals surface area contributed by atoms with Gasteiger partial charge >= 0.3 is 351 Å². The Balaban J connectivity index is 1.27. The van der Waals surface area contributed by atoms with Gasteiger partial charge in [0.2, 0.25) is 0 Å². The molecule has 16 rings (SSSR count). The van der Waals surface area contributed by atoms with Crippen LogP contribution in [0.25, 0.3) is 21.5 Å². The second kappa shape index (κ2) is 10.2. The Labute approximate surface area is 349 Å². The molecule has 2 aromatic heterocycles. The fourth-order valence-electron chi connectivity index (χ4n) is 11.5. The molecule has 4 unspecified atom stereocenters. The number of aliphatic imine (C=N–C) groups is 4. The van der Waals surface area contributed by atoms with Crippen LogP contribution in [0.3, 0.4) is 0 Å². The maximum atomic E-state index is 6.13. The molecule has 8 aliphatic rings. The van der Waals surface area contributed by atoms with Crippen LogP contribution in [0.15, 0.2) is 186 Å². The Hall–Kier alpha value is -7.00. The number of hydrogen-bond acceptors (Lipinski definition) is 9. The van der Waals surface area contributed by atoms with Gasteiger partial charge in [-0.05, 0) is 0 Å². The van der Waals surface area contributed by atoms with Crippen LogP contribution in [0.1, 0.15) is 56.6 Å². The van der Waals surface area contributed by atoms with Crippen LogP contribution in [0, 0.1) is 0 Å². The topological polar surface area (TPSA) is 112 Å². The minimum atomic E-state index is -4.44. The summed E-state index contributed by atoms with van der Waals surface area (Å²) in [7, 11) is 0. The summed E-state index contributed by atoms with van der Waals surface area (Å²) >= 11 is -4.44. The summed E-state index contributed by atoms with van der Waals surface area (Å²) < 4.78 is 7.73. The SMILES string of the molecule is c1ccc2c(c1)C1=NC3=NC(c4ccccc43)C34N=C(N=c5c6ccccc6c6[n]5[Tl]5[N]1C2C1(N=C(N=c2c7ccccc7/c([n]25)=N/3)c2ccccc21)N=6)c1ccccc14. The fourth-order valence-corrected chi connectivity index (χ4v) is 24.9. The third-order valence-corrected chi connectivity index (χ3v) is 25.3. The number of rotatable bonds is 0. The molecule has 0 N–H and O–H groups in total. The zero-order chi connectivity index (χ0) is 38.6. The number of benzene rings is 6. The van der Waals surface area contributed by atoms with Crippen molar-refractivity contribution in [1.82, 2.24) is 7.46 Å². The summed E-state index contributed by atoms with van der Waals surface area (Å²) in [5.41, 5.74) is 9.21. The molecule has 0 radical (unpaired) electrons. The van der Waals surface area contributed by atoms with Crippen molar-refractivity contribution in [3.8, 4) is 0 Å². The average molecular weight is 961 g/mol. The van der Waals surface area contributed by atoms with Gasteiger partial charge in [-0.1, -0.05) is 0 Å². The molecule has 6 aromatic carbocycles. The minimum absolute atomic E-state index is 0.360. The van der Waals surface area contributed by atoms with Gasteiger partial charge in [0.15, 0.2) is 0 Å². The van der Waals surface area contributed by atoms with E-state index in [4.69, 9.17) is 39.9 Å². The normalized spacial score (nSPS) is 24.9. The van der Waals surface area contributed by atoms with E-state index in [1.807, 2.05) is 0 Å². The van der Waals surface area contributed by atoms with Gasteiger partial charge in [0.1, 0.15) is 0 Å². The summed E-state index contributed by atoms with van der Waals surface area (Å²) in [4.78, 5) is 46.9.